The fourth-order valence-electron chi connectivity index (χ4n) is 4.12. The Hall–Kier alpha value is -3.13. The van der Waals surface area contributed by atoms with Gasteiger partial charge in [0.2, 0.25) is 12.4 Å². The van der Waals surface area contributed by atoms with E-state index in [1.54, 1.807) is 20.8 Å². The van der Waals surface area contributed by atoms with Gasteiger partial charge < -0.3 is 33.9 Å². The molecule has 1 aromatic carbocycles. The third-order valence-corrected chi connectivity index (χ3v) is 6.91. The molecule has 1 aliphatic heterocycles. The number of hydrogen-bond donors (Lipinski definition) is 4. The summed E-state index contributed by atoms with van der Waals surface area (Å²) in [7, 11) is 0. The highest BCUT2D eigenvalue weighted by Gasteiger charge is 2.50. The van der Waals surface area contributed by atoms with Crippen LogP contribution in [0.1, 0.15) is 83.6 Å². The summed E-state index contributed by atoms with van der Waals surface area (Å²) < 4.78 is 28.0. The number of hydrogen-bond acceptors (Lipinski definition) is 13. The van der Waals surface area contributed by atoms with Crippen LogP contribution in [0.5, 0.6) is 11.5 Å². The summed E-state index contributed by atoms with van der Waals surface area (Å²) >= 11 is 6.51. The molecule has 1 fully saturated rings. The summed E-state index contributed by atoms with van der Waals surface area (Å²) in [6.45, 7) is 6.42. The maximum Gasteiger partial charge on any atom is 0.329 e. The molecular weight excluding hydrogens is 576 g/mol. The van der Waals surface area contributed by atoms with Gasteiger partial charge in [-0.2, -0.15) is 0 Å². The minimum absolute atomic E-state index is 0.0164. The summed E-state index contributed by atoms with van der Waals surface area (Å²) in [4.78, 5) is 50.9. The maximum atomic E-state index is 13.5. The molecule has 14 heteroatoms. The van der Waals surface area contributed by atoms with Gasteiger partial charge in [0.25, 0.3) is 0 Å². The van der Waals surface area contributed by atoms with Gasteiger partial charge in [-0.1, -0.05) is 26.8 Å². The first-order valence-electron chi connectivity index (χ1n) is 13.9. The van der Waals surface area contributed by atoms with E-state index in [0.29, 0.717) is 24.8 Å². The Balaban J connectivity index is 2.35. The van der Waals surface area contributed by atoms with E-state index in [9.17, 15) is 29.4 Å². The number of ether oxygens (including phenoxy) is 5. The smallest absolute Gasteiger partial charge is 0.329 e. The molecule has 0 saturated carbocycles. The molecular formula is C28H41ClN2O11. The van der Waals surface area contributed by atoms with Gasteiger partial charge in [-0.25, -0.2) is 10.2 Å². The molecule has 0 aliphatic carbocycles. The van der Waals surface area contributed by atoms with Crippen molar-refractivity contribution in [2.24, 2.45) is 5.84 Å². The molecule has 1 saturated heterocycles. The number of alkyl halides is 1. The zero-order valence-corrected chi connectivity index (χ0v) is 25.1. The largest absolute Gasteiger partial charge is 0.504 e. The SMILES string of the molecule is CCCC(=O)O[C@H]1[C@H](OC(=O)CCC)COC(OC(=O)C(C)(CC(Cl)c2ccc(O)c(O)c2)NN)[C@@H]1OC(=O)CCC. The van der Waals surface area contributed by atoms with Crippen LogP contribution in [0.25, 0.3) is 0 Å². The highest BCUT2D eigenvalue weighted by Crippen LogP contribution is 2.36. The van der Waals surface area contributed by atoms with Crippen molar-refractivity contribution in [2.45, 2.75) is 108 Å². The van der Waals surface area contributed by atoms with Crippen molar-refractivity contribution < 1.29 is 53.1 Å². The van der Waals surface area contributed by atoms with Crippen LogP contribution in [0, 0.1) is 0 Å². The van der Waals surface area contributed by atoms with Gasteiger partial charge in [-0.05, 0) is 50.3 Å². The van der Waals surface area contributed by atoms with E-state index < -0.39 is 65.1 Å². The molecule has 236 valence electrons. The maximum absolute atomic E-state index is 13.5. The fraction of sp³-hybridized carbons (Fsp3) is 0.643. The van der Waals surface area contributed by atoms with E-state index in [2.05, 4.69) is 5.43 Å². The second kappa shape index (κ2) is 16.5. The Labute approximate surface area is 249 Å². The van der Waals surface area contributed by atoms with Crippen molar-refractivity contribution in [3.05, 3.63) is 23.8 Å². The lowest BCUT2D eigenvalue weighted by molar-refractivity contribution is -0.277. The first-order chi connectivity index (χ1) is 19.9. The molecule has 0 radical (unpaired) electrons. The van der Waals surface area contributed by atoms with Gasteiger partial charge in [0.05, 0.1) is 12.0 Å². The van der Waals surface area contributed by atoms with Gasteiger partial charge in [0, 0.05) is 19.3 Å². The normalized spacial score (nSPS) is 22.3. The number of phenolic OH excluding ortho intramolecular Hbond substituents is 2. The Morgan fingerprint density at radius 3 is 2.02 bits per heavy atom. The number of hydrazine groups is 1. The molecule has 0 spiro atoms. The van der Waals surface area contributed by atoms with E-state index in [-0.39, 0.29) is 38.0 Å². The minimum Gasteiger partial charge on any atom is -0.504 e. The molecule has 2 rings (SSSR count). The molecule has 1 aliphatic rings. The first-order valence-corrected chi connectivity index (χ1v) is 14.4. The second-order valence-electron chi connectivity index (χ2n) is 10.2. The van der Waals surface area contributed by atoms with Crippen molar-refractivity contribution >= 4 is 35.5 Å². The number of aromatic hydroxyl groups is 2. The number of carbonyl (C=O) groups is 4. The van der Waals surface area contributed by atoms with Gasteiger partial charge in [-0.3, -0.25) is 20.2 Å². The molecule has 0 bridgehead atoms. The lowest BCUT2D eigenvalue weighted by Gasteiger charge is -2.41. The standard InChI is InChI=1S/C28H41ClN2O11/c1-5-8-21(34)39-20-15-38-26(25(41-23(36)10-7-3)24(20)40-22(35)9-6-2)42-27(37)28(4,31-30)14-17(29)16-11-12-18(32)19(33)13-16/h11-13,17,20,24-26,31-33H,5-10,14-15,30H2,1-4H3/t17?,20-,24+,25-,26?,28?/m1/s1. The molecule has 0 amide bonds. The summed E-state index contributed by atoms with van der Waals surface area (Å²) in [5, 5.41) is 18.5. The fourth-order valence-corrected chi connectivity index (χ4v) is 4.57. The predicted octanol–water partition coefficient (Wildman–Crippen LogP) is 3.03. The van der Waals surface area contributed by atoms with E-state index in [1.807, 2.05) is 0 Å². The molecule has 3 unspecified atom stereocenters. The number of benzene rings is 1. The van der Waals surface area contributed by atoms with Crippen LogP contribution < -0.4 is 11.3 Å². The van der Waals surface area contributed by atoms with Crippen molar-refractivity contribution in [3.63, 3.8) is 0 Å². The topological polar surface area (TPSA) is 193 Å². The molecule has 1 aromatic rings. The van der Waals surface area contributed by atoms with E-state index in [1.165, 1.54) is 25.1 Å². The van der Waals surface area contributed by atoms with Crippen LogP contribution in [-0.4, -0.2) is 70.8 Å². The van der Waals surface area contributed by atoms with Crippen LogP contribution in [-0.2, 0) is 42.9 Å². The van der Waals surface area contributed by atoms with E-state index in [0.717, 1.165) is 0 Å². The first kappa shape index (κ1) is 35.1. The summed E-state index contributed by atoms with van der Waals surface area (Å²) in [6.07, 6.45) is -4.03. The third kappa shape index (κ3) is 9.72. The quantitative estimate of drug-likeness (QED) is 0.0561. The number of esters is 4. The number of rotatable bonds is 15. The molecule has 5 N–H and O–H groups in total. The van der Waals surface area contributed by atoms with Gasteiger partial charge in [0.1, 0.15) is 5.54 Å². The Morgan fingerprint density at radius 2 is 1.50 bits per heavy atom. The van der Waals surface area contributed by atoms with E-state index >= 15 is 0 Å². The molecule has 6 atom stereocenters. The molecule has 13 nitrogen and oxygen atoms in total. The van der Waals surface area contributed by atoms with Crippen LogP contribution in [0.4, 0.5) is 0 Å². The zero-order valence-electron chi connectivity index (χ0n) is 24.3. The van der Waals surface area contributed by atoms with Crippen LogP contribution >= 0.6 is 11.6 Å². The van der Waals surface area contributed by atoms with Crippen LogP contribution in [0.3, 0.4) is 0 Å². The van der Waals surface area contributed by atoms with Gasteiger partial charge in [0.15, 0.2) is 23.7 Å². The average molecular weight is 617 g/mol. The number of phenols is 2. The lowest BCUT2D eigenvalue weighted by atomic mass is 9.93. The van der Waals surface area contributed by atoms with Gasteiger partial charge >= 0.3 is 23.9 Å². The Morgan fingerprint density at radius 1 is 0.952 bits per heavy atom. The molecule has 1 heterocycles. The summed E-state index contributed by atoms with van der Waals surface area (Å²) in [5.41, 5.74) is 1.16. The summed E-state index contributed by atoms with van der Waals surface area (Å²) in [6, 6.07) is 3.97. The van der Waals surface area contributed by atoms with E-state index in [4.69, 9.17) is 41.1 Å². The lowest BCUT2D eigenvalue weighted by Crippen LogP contribution is -2.61. The monoisotopic (exact) mass is 616 g/mol. The summed E-state index contributed by atoms with van der Waals surface area (Å²) in [5.74, 6) is 2.19. The highest BCUT2D eigenvalue weighted by atomic mass is 35.5. The van der Waals surface area contributed by atoms with Crippen LogP contribution in [0.2, 0.25) is 0 Å². The van der Waals surface area contributed by atoms with Crippen molar-refractivity contribution in [2.75, 3.05) is 6.61 Å². The van der Waals surface area contributed by atoms with Gasteiger partial charge in [-0.15, -0.1) is 11.6 Å². The number of halogens is 1. The third-order valence-electron chi connectivity index (χ3n) is 6.50. The Kier molecular flexibility index (Phi) is 13.8. The number of nitrogens with one attached hydrogen (secondary N) is 1. The Bertz CT molecular complexity index is 1090. The second-order valence-corrected chi connectivity index (χ2v) is 10.7. The average Bonchev–Trinajstić information content (AvgIpc) is 2.93. The zero-order chi connectivity index (χ0) is 31.4. The van der Waals surface area contributed by atoms with Crippen molar-refractivity contribution in [1.29, 1.82) is 0 Å². The molecule has 42 heavy (non-hydrogen) atoms. The highest BCUT2D eigenvalue weighted by molar-refractivity contribution is 6.21. The number of nitrogens with two attached hydrogens (primary N) is 1. The molecule has 0 aromatic heterocycles. The van der Waals surface area contributed by atoms with Crippen molar-refractivity contribution in [3.8, 4) is 11.5 Å². The van der Waals surface area contributed by atoms with Crippen molar-refractivity contribution in [1.82, 2.24) is 5.43 Å². The predicted molar refractivity (Wildman–Crippen MR) is 149 cm³/mol. The minimum atomic E-state index is -1.62. The number of carbonyl (C=O) groups excluding carboxylic acids is 4. The van der Waals surface area contributed by atoms with Crippen LogP contribution in [0.15, 0.2) is 18.2 Å².